The Hall–Kier alpha value is -1.31. The number of hydrogen-bond donors (Lipinski definition) is 0. The van der Waals surface area contributed by atoms with Crippen molar-refractivity contribution in [1.82, 2.24) is 0 Å². The lowest BCUT2D eigenvalue weighted by molar-refractivity contribution is -0.145. The van der Waals surface area contributed by atoms with Gasteiger partial charge in [-0.15, -0.1) is 0 Å². The van der Waals surface area contributed by atoms with E-state index in [1.54, 1.807) is 0 Å². The van der Waals surface area contributed by atoms with Crippen LogP contribution in [0.4, 0.5) is 0 Å². The van der Waals surface area contributed by atoms with Gasteiger partial charge in [0.05, 0.1) is 12.5 Å². The number of esters is 1. The maximum atomic E-state index is 12.1. The highest BCUT2D eigenvalue weighted by atomic mass is 16.5. The van der Waals surface area contributed by atoms with Gasteiger partial charge in [0.1, 0.15) is 0 Å². The van der Waals surface area contributed by atoms with Gasteiger partial charge in [-0.2, -0.15) is 0 Å². The second-order valence-electron chi connectivity index (χ2n) is 5.66. The quantitative estimate of drug-likeness (QED) is 0.399. The molecule has 21 heavy (non-hydrogen) atoms. The summed E-state index contributed by atoms with van der Waals surface area (Å²) >= 11 is 0. The van der Waals surface area contributed by atoms with Gasteiger partial charge in [-0.1, -0.05) is 82.7 Å². The van der Waals surface area contributed by atoms with E-state index in [1.807, 2.05) is 37.3 Å². The number of ether oxygens (including phenoxy) is 1. The standard InChI is InChI=1S/C19H30O2/c1-3-5-6-7-8-9-13-16-21-19(20)18(4-2)17-14-11-10-12-15-17/h10-12,14-15,18H,3-9,13,16H2,1-2H3. The summed E-state index contributed by atoms with van der Waals surface area (Å²) in [6.07, 6.45) is 9.47. The van der Waals surface area contributed by atoms with E-state index in [9.17, 15) is 4.79 Å². The van der Waals surface area contributed by atoms with E-state index in [0.717, 1.165) is 18.4 Å². The first kappa shape index (κ1) is 17.7. The smallest absolute Gasteiger partial charge is 0.313 e. The van der Waals surface area contributed by atoms with Gasteiger partial charge in [-0.3, -0.25) is 4.79 Å². The Morgan fingerprint density at radius 3 is 2.19 bits per heavy atom. The maximum Gasteiger partial charge on any atom is 0.313 e. The molecule has 0 spiro atoms. The second-order valence-corrected chi connectivity index (χ2v) is 5.66. The first-order chi connectivity index (χ1) is 10.3. The Kier molecular flexibility index (Phi) is 9.60. The molecule has 0 aliphatic heterocycles. The molecule has 0 amide bonds. The minimum absolute atomic E-state index is 0.0744. The highest BCUT2D eigenvalue weighted by molar-refractivity contribution is 5.78. The minimum Gasteiger partial charge on any atom is -0.465 e. The van der Waals surface area contributed by atoms with E-state index < -0.39 is 0 Å². The number of hydrogen-bond acceptors (Lipinski definition) is 2. The summed E-state index contributed by atoms with van der Waals surface area (Å²) in [4.78, 5) is 12.1. The third-order valence-electron chi connectivity index (χ3n) is 3.89. The topological polar surface area (TPSA) is 26.3 Å². The SMILES string of the molecule is CCCCCCCCCOC(=O)C(CC)c1ccccc1. The van der Waals surface area contributed by atoms with Gasteiger partial charge in [-0.05, 0) is 18.4 Å². The summed E-state index contributed by atoms with van der Waals surface area (Å²) in [6, 6.07) is 9.93. The van der Waals surface area contributed by atoms with Gasteiger partial charge in [0.15, 0.2) is 0 Å². The molecule has 1 unspecified atom stereocenters. The van der Waals surface area contributed by atoms with Gasteiger partial charge >= 0.3 is 5.97 Å². The average Bonchev–Trinajstić information content (AvgIpc) is 2.52. The number of unbranched alkanes of at least 4 members (excludes halogenated alkanes) is 6. The first-order valence-corrected chi connectivity index (χ1v) is 8.51. The second kappa shape index (κ2) is 11.4. The van der Waals surface area contributed by atoms with Crippen LogP contribution >= 0.6 is 0 Å². The summed E-state index contributed by atoms with van der Waals surface area (Å²) in [6.45, 7) is 4.83. The fourth-order valence-corrected chi connectivity index (χ4v) is 2.56. The summed E-state index contributed by atoms with van der Waals surface area (Å²) in [5.74, 6) is -0.189. The Morgan fingerprint density at radius 1 is 0.952 bits per heavy atom. The zero-order valence-corrected chi connectivity index (χ0v) is 13.6. The maximum absolute atomic E-state index is 12.1. The fraction of sp³-hybridized carbons (Fsp3) is 0.632. The summed E-state index contributed by atoms with van der Waals surface area (Å²) < 4.78 is 5.44. The average molecular weight is 290 g/mol. The molecule has 0 aromatic heterocycles. The van der Waals surface area contributed by atoms with Gasteiger partial charge < -0.3 is 4.74 Å². The molecule has 0 radical (unpaired) electrons. The van der Waals surface area contributed by atoms with Crippen LogP contribution in [0, 0.1) is 0 Å². The van der Waals surface area contributed by atoms with Crippen LogP contribution in [0.5, 0.6) is 0 Å². The number of carbonyl (C=O) groups excluding carboxylic acids is 1. The molecule has 1 rings (SSSR count). The first-order valence-electron chi connectivity index (χ1n) is 8.51. The lowest BCUT2D eigenvalue weighted by Crippen LogP contribution is -2.16. The minimum atomic E-state index is -0.115. The highest BCUT2D eigenvalue weighted by Crippen LogP contribution is 2.20. The molecule has 2 nitrogen and oxygen atoms in total. The lowest BCUT2D eigenvalue weighted by atomic mass is 9.97. The predicted molar refractivity (Wildman–Crippen MR) is 88.4 cm³/mol. The van der Waals surface area contributed by atoms with Crippen molar-refractivity contribution >= 4 is 5.97 Å². The van der Waals surface area contributed by atoms with Crippen LogP contribution in [0.3, 0.4) is 0 Å². The van der Waals surface area contributed by atoms with Crippen molar-refractivity contribution in [2.45, 2.75) is 71.1 Å². The van der Waals surface area contributed by atoms with E-state index in [2.05, 4.69) is 6.92 Å². The van der Waals surface area contributed by atoms with Crippen molar-refractivity contribution in [2.24, 2.45) is 0 Å². The van der Waals surface area contributed by atoms with Crippen LogP contribution in [-0.4, -0.2) is 12.6 Å². The van der Waals surface area contributed by atoms with Gasteiger partial charge in [0, 0.05) is 0 Å². The lowest BCUT2D eigenvalue weighted by Gasteiger charge is -2.14. The van der Waals surface area contributed by atoms with Gasteiger partial charge in [0.2, 0.25) is 0 Å². The Morgan fingerprint density at radius 2 is 1.57 bits per heavy atom. The van der Waals surface area contributed by atoms with E-state index in [0.29, 0.717) is 6.61 Å². The van der Waals surface area contributed by atoms with Crippen LogP contribution < -0.4 is 0 Å². The third-order valence-corrected chi connectivity index (χ3v) is 3.89. The molecule has 0 saturated heterocycles. The van der Waals surface area contributed by atoms with Crippen molar-refractivity contribution in [3.63, 3.8) is 0 Å². The molecule has 0 heterocycles. The monoisotopic (exact) mass is 290 g/mol. The molecule has 1 aromatic rings. The van der Waals surface area contributed by atoms with Crippen molar-refractivity contribution in [3.05, 3.63) is 35.9 Å². The molecular weight excluding hydrogens is 260 g/mol. The third kappa shape index (κ3) is 7.31. The van der Waals surface area contributed by atoms with E-state index in [-0.39, 0.29) is 11.9 Å². The molecule has 0 bridgehead atoms. The zero-order valence-electron chi connectivity index (χ0n) is 13.6. The molecule has 1 aromatic carbocycles. The molecule has 1 atom stereocenters. The van der Waals surface area contributed by atoms with Gasteiger partial charge in [0.25, 0.3) is 0 Å². The van der Waals surface area contributed by atoms with Crippen LogP contribution in [0.2, 0.25) is 0 Å². The van der Waals surface area contributed by atoms with Crippen molar-refractivity contribution < 1.29 is 9.53 Å². The Bertz CT molecular complexity index is 372. The normalized spacial score (nSPS) is 12.1. The summed E-state index contributed by atoms with van der Waals surface area (Å²) in [5.41, 5.74) is 1.06. The molecule has 0 aliphatic carbocycles. The molecule has 2 heteroatoms. The van der Waals surface area contributed by atoms with Gasteiger partial charge in [-0.25, -0.2) is 0 Å². The Labute approximate surface area is 129 Å². The van der Waals surface area contributed by atoms with Crippen molar-refractivity contribution in [2.75, 3.05) is 6.61 Å². The van der Waals surface area contributed by atoms with Crippen LogP contribution in [0.25, 0.3) is 0 Å². The van der Waals surface area contributed by atoms with E-state index in [1.165, 1.54) is 38.5 Å². The molecule has 0 fully saturated rings. The highest BCUT2D eigenvalue weighted by Gasteiger charge is 2.19. The van der Waals surface area contributed by atoms with E-state index >= 15 is 0 Å². The van der Waals surface area contributed by atoms with E-state index in [4.69, 9.17) is 4.74 Å². The largest absolute Gasteiger partial charge is 0.465 e. The Balaban J connectivity index is 2.17. The summed E-state index contributed by atoms with van der Waals surface area (Å²) in [5, 5.41) is 0. The predicted octanol–water partition coefficient (Wildman–Crippen LogP) is 5.47. The van der Waals surface area contributed by atoms with Crippen LogP contribution in [0.15, 0.2) is 30.3 Å². The molecule has 0 saturated carbocycles. The molecule has 0 aliphatic rings. The number of benzene rings is 1. The number of rotatable bonds is 11. The molecule has 118 valence electrons. The molecule has 0 N–H and O–H groups in total. The zero-order chi connectivity index (χ0) is 15.3. The molecular formula is C19H30O2. The van der Waals surface area contributed by atoms with Crippen molar-refractivity contribution in [3.8, 4) is 0 Å². The van der Waals surface area contributed by atoms with Crippen LogP contribution in [-0.2, 0) is 9.53 Å². The van der Waals surface area contributed by atoms with Crippen molar-refractivity contribution in [1.29, 1.82) is 0 Å². The van der Waals surface area contributed by atoms with Crippen LogP contribution in [0.1, 0.15) is 76.7 Å². The summed E-state index contributed by atoms with van der Waals surface area (Å²) in [7, 11) is 0. The number of carbonyl (C=O) groups is 1. The fourth-order valence-electron chi connectivity index (χ4n) is 2.56.